The number of halogens is 2. The third kappa shape index (κ3) is 2.81. The Morgan fingerprint density at radius 3 is 2.63 bits per heavy atom. The van der Waals surface area contributed by atoms with Crippen LogP contribution in [0.1, 0.15) is 35.4 Å². The number of hydrazone groups is 1. The summed E-state index contributed by atoms with van der Waals surface area (Å²) in [6.45, 7) is 0.248. The van der Waals surface area contributed by atoms with Gasteiger partial charge in [-0.1, -0.05) is 47.5 Å². The normalized spacial score (nSPS) is 21.0. The van der Waals surface area contributed by atoms with Crippen LogP contribution in [-0.4, -0.2) is 17.5 Å². The number of benzene rings is 3. The van der Waals surface area contributed by atoms with Crippen molar-refractivity contribution in [2.75, 3.05) is 6.79 Å². The first kappa shape index (κ1) is 17.9. The maximum Gasteiger partial charge on any atom is 0.231 e. The highest BCUT2D eigenvalue weighted by molar-refractivity contribution is 6.35. The van der Waals surface area contributed by atoms with E-state index >= 15 is 0 Å². The number of rotatable bonds is 2. The summed E-state index contributed by atoms with van der Waals surface area (Å²) in [5.41, 5.74) is 3.91. The van der Waals surface area contributed by atoms with Crippen molar-refractivity contribution in [3.63, 3.8) is 0 Å². The Bertz CT molecular complexity index is 1200. The number of ether oxygens (including phenoxy) is 3. The van der Waals surface area contributed by atoms with E-state index in [-0.39, 0.29) is 12.8 Å². The van der Waals surface area contributed by atoms with E-state index in [1.54, 1.807) is 6.07 Å². The summed E-state index contributed by atoms with van der Waals surface area (Å²) in [6, 6.07) is 19.5. The highest BCUT2D eigenvalue weighted by atomic mass is 35.5. The van der Waals surface area contributed by atoms with E-state index in [2.05, 4.69) is 6.07 Å². The van der Waals surface area contributed by atoms with E-state index in [1.165, 1.54) is 0 Å². The van der Waals surface area contributed by atoms with E-state index in [0.29, 0.717) is 10.0 Å². The molecule has 150 valence electrons. The molecule has 0 aromatic heterocycles. The van der Waals surface area contributed by atoms with Crippen molar-refractivity contribution in [1.29, 1.82) is 0 Å². The third-order valence-corrected chi connectivity index (χ3v) is 6.20. The van der Waals surface area contributed by atoms with Gasteiger partial charge >= 0.3 is 0 Å². The first-order valence-corrected chi connectivity index (χ1v) is 10.4. The van der Waals surface area contributed by atoms with Gasteiger partial charge in [0.15, 0.2) is 11.5 Å². The van der Waals surface area contributed by atoms with Gasteiger partial charge in [-0.05, 0) is 36.4 Å². The van der Waals surface area contributed by atoms with Gasteiger partial charge in [-0.3, -0.25) is 0 Å². The van der Waals surface area contributed by atoms with Crippen molar-refractivity contribution in [2.45, 2.75) is 18.7 Å². The molecule has 0 saturated carbocycles. The average molecular weight is 439 g/mol. The molecule has 3 aliphatic rings. The van der Waals surface area contributed by atoms with Crippen LogP contribution in [0.2, 0.25) is 10.0 Å². The van der Waals surface area contributed by atoms with Crippen LogP contribution < -0.4 is 14.2 Å². The van der Waals surface area contributed by atoms with Crippen molar-refractivity contribution in [1.82, 2.24) is 5.01 Å². The molecule has 7 heteroatoms. The van der Waals surface area contributed by atoms with Gasteiger partial charge in [-0.15, -0.1) is 0 Å². The van der Waals surface area contributed by atoms with Crippen LogP contribution in [0.15, 0.2) is 65.8 Å². The molecule has 0 aliphatic carbocycles. The quantitative estimate of drug-likeness (QED) is 0.494. The fourth-order valence-electron chi connectivity index (χ4n) is 4.19. The molecule has 0 saturated heterocycles. The number of nitrogens with zero attached hydrogens (tertiary/aromatic N) is 2. The predicted octanol–water partition coefficient (Wildman–Crippen LogP) is 5.96. The van der Waals surface area contributed by atoms with Crippen LogP contribution in [0.4, 0.5) is 0 Å². The smallest absolute Gasteiger partial charge is 0.231 e. The molecular formula is C23H16Cl2N2O3. The summed E-state index contributed by atoms with van der Waals surface area (Å²) in [5, 5.41) is 8.10. The predicted molar refractivity (Wildman–Crippen MR) is 115 cm³/mol. The topological polar surface area (TPSA) is 43.3 Å². The molecule has 3 heterocycles. The molecule has 0 amide bonds. The molecule has 6 rings (SSSR count). The van der Waals surface area contributed by atoms with E-state index < -0.39 is 6.23 Å². The van der Waals surface area contributed by atoms with Crippen molar-refractivity contribution >= 4 is 28.9 Å². The Morgan fingerprint density at radius 2 is 1.73 bits per heavy atom. The molecule has 3 aromatic carbocycles. The monoisotopic (exact) mass is 438 g/mol. The van der Waals surface area contributed by atoms with Gasteiger partial charge in [-0.25, -0.2) is 5.01 Å². The average Bonchev–Trinajstić information content (AvgIpc) is 3.40. The third-order valence-electron chi connectivity index (χ3n) is 5.63. The second kappa shape index (κ2) is 6.83. The van der Waals surface area contributed by atoms with Crippen molar-refractivity contribution < 1.29 is 14.2 Å². The Labute approximate surface area is 183 Å². The largest absolute Gasteiger partial charge is 0.464 e. The van der Waals surface area contributed by atoms with Crippen LogP contribution in [0.3, 0.4) is 0 Å². The lowest BCUT2D eigenvalue weighted by Gasteiger charge is -2.38. The lowest BCUT2D eigenvalue weighted by Crippen LogP contribution is -2.33. The summed E-state index contributed by atoms with van der Waals surface area (Å²) < 4.78 is 17.3. The molecule has 0 N–H and O–H groups in total. The van der Waals surface area contributed by atoms with Gasteiger partial charge in [0.2, 0.25) is 13.0 Å². The van der Waals surface area contributed by atoms with E-state index in [0.717, 1.165) is 46.1 Å². The summed E-state index contributed by atoms with van der Waals surface area (Å²) >= 11 is 12.6. The molecule has 3 aliphatic heterocycles. The fraction of sp³-hybridized carbons (Fsp3) is 0.174. The summed E-state index contributed by atoms with van der Waals surface area (Å²) in [4.78, 5) is 0. The van der Waals surface area contributed by atoms with Crippen molar-refractivity contribution in [3.8, 4) is 17.2 Å². The SMILES string of the molecule is Clc1ccc([C@@H]2Oc3ccccc3[C@H]3CC(c4ccc5c(c4)OCO5)=NN32)c(Cl)c1. The zero-order valence-electron chi connectivity index (χ0n) is 15.7. The standard InChI is InChI=1S/C23H16Cl2N2O3/c24-14-6-7-15(17(25)10-14)23-27-19(16-3-1-2-4-20(16)30-23)11-18(26-27)13-5-8-21-22(9-13)29-12-28-21/h1-10,19,23H,11-12H2/t19-,23+/m1/s1. The van der Waals surface area contributed by atoms with E-state index in [9.17, 15) is 0 Å². The molecule has 0 bridgehead atoms. The van der Waals surface area contributed by atoms with Crippen molar-refractivity contribution in [3.05, 3.63) is 87.4 Å². The first-order valence-electron chi connectivity index (χ1n) is 9.64. The zero-order valence-corrected chi connectivity index (χ0v) is 17.2. The minimum atomic E-state index is -0.443. The summed E-state index contributed by atoms with van der Waals surface area (Å²) in [6.07, 6.45) is 0.308. The van der Waals surface area contributed by atoms with Crippen LogP contribution in [-0.2, 0) is 0 Å². The Balaban J connectivity index is 1.44. The second-order valence-electron chi connectivity index (χ2n) is 7.39. The maximum atomic E-state index is 6.53. The number of fused-ring (bicyclic) bond motifs is 4. The lowest BCUT2D eigenvalue weighted by atomic mass is 9.96. The molecule has 0 radical (unpaired) electrons. The first-order chi connectivity index (χ1) is 14.7. The van der Waals surface area contributed by atoms with Crippen molar-refractivity contribution in [2.24, 2.45) is 5.10 Å². The van der Waals surface area contributed by atoms with Gasteiger partial charge in [0, 0.05) is 28.1 Å². The molecule has 0 fully saturated rings. The molecule has 0 spiro atoms. The van der Waals surface area contributed by atoms with Gasteiger partial charge in [-0.2, -0.15) is 5.10 Å². The van der Waals surface area contributed by atoms with E-state index in [1.807, 2.05) is 53.5 Å². The summed E-state index contributed by atoms with van der Waals surface area (Å²) in [5.74, 6) is 2.35. The number of para-hydroxylation sites is 1. The Hall–Kier alpha value is -2.89. The number of hydrogen-bond donors (Lipinski definition) is 0. The van der Waals surface area contributed by atoms with E-state index in [4.69, 9.17) is 42.5 Å². The highest BCUT2D eigenvalue weighted by Gasteiger charge is 2.41. The van der Waals surface area contributed by atoms with Crippen LogP contribution in [0.25, 0.3) is 0 Å². The Kier molecular flexibility index (Phi) is 4.08. The Morgan fingerprint density at radius 1 is 0.867 bits per heavy atom. The molecule has 2 atom stereocenters. The highest BCUT2D eigenvalue weighted by Crippen LogP contribution is 2.49. The van der Waals surface area contributed by atoms with Gasteiger partial charge in [0.25, 0.3) is 0 Å². The fourth-order valence-corrected chi connectivity index (χ4v) is 4.69. The molecule has 3 aromatic rings. The maximum absolute atomic E-state index is 6.53. The molecule has 30 heavy (non-hydrogen) atoms. The minimum Gasteiger partial charge on any atom is -0.464 e. The van der Waals surface area contributed by atoms with Gasteiger partial charge in [0.05, 0.1) is 16.8 Å². The second-order valence-corrected chi connectivity index (χ2v) is 8.23. The minimum absolute atomic E-state index is 0.0483. The molecule has 5 nitrogen and oxygen atoms in total. The number of hydrogen-bond acceptors (Lipinski definition) is 5. The van der Waals surface area contributed by atoms with Crippen LogP contribution in [0.5, 0.6) is 17.2 Å². The molecule has 0 unspecified atom stereocenters. The lowest BCUT2D eigenvalue weighted by molar-refractivity contribution is -0.0189. The summed E-state index contributed by atoms with van der Waals surface area (Å²) in [7, 11) is 0. The molecular weight excluding hydrogens is 423 g/mol. The van der Waals surface area contributed by atoms with Crippen LogP contribution in [0, 0.1) is 0 Å². The zero-order chi connectivity index (χ0) is 20.2. The van der Waals surface area contributed by atoms with Gasteiger partial charge < -0.3 is 14.2 Å². The van der Waals surface area contributed by atoms with Crippen LogP contribution >= 0.6 is 23.2 Å². The van der Waals surface area contributed by atoms with Gasteiger partial charge in [0.1, 0.15) is 5.75 Å².